The summed E-state index contributed by atoms with van der Waals surface area (Å²) in [4.78, 5) is 14.6. The predicted octanol–water partition coefficient (Wildman–Crippen LogP) is 4.53. The number of halogens is 5. The van der Waals surface area contributed by atoms with Crippen molar-refractivity contribution in [2.24, 2.45) is 0 Å². The molecule has 0 bridgehead atoms. The third-order valence-electron chi connectivity index (χ3n) is 3.77. The van der Waals surface area contributed by atoms with Gasteiger partial charge in [-0.1, -0.05) is 23.2 Å². The largest absolute Gasteiger partial charge is 0.427 e. The zero-order valence-corrected chi connectivity index (χ0v) is 14.1. The molecule has 0 aliphatic heterocycles. The van der Waals surface area contributed by atoms with Gasteiger partial charge in [-0.05, 0) is 37.3 Å². The molecular weight excluding hydrogens is 382 g/mol. The maximum absolute atomic E-state index is 13.7. The van der Waals surface area contributed by atoms with Gasteiger partial charge in [-0.2, -0.15) is 13.2 Å². The smallest absolute Gasteiger partial charge is 0.421 e. The van der Waals surface area contributed by atoms with E-state index < -0.39 is 28.7 Å². The van der Waals surface area contributed by atoms with Crippen LogP contribution in [0.2, 0.25) is 10.0 Å². The SMILES string of the molecule is Cc1ccc(C(O)(c2cc3cc(Cl)cc(Cl)c3oc2=O)C(F)(F)F)[nH]1. The predicted molar refractivity (Wildman–Crippen MR) is 87.1 cm³/mol. The number of aromatic nitrogens is 1. The van der Waals surface area contributed by atoms with Crippen molar-refractivity contribution in [1.29, 1.82) is 0 Å². The standard InChI is InChI=1S/C16H10Cl2F3NO3/c1-7-2-3-12(22-7)15(24,16(19,20)21)10-5-8-4-9(17)6-11(18)13(8)25-14(10)23/h2-6,22,24H,1H3. The molecule has 0 amide bonds. The highest BCUT2D eigenvalue weighted by molar-refractivity contribution is 6.38. The highest BCUT2D eigenvalue weighted by Gasteiger charge is 2.59. The van der Waals surface area contributed by atoms with Crippen LogP contribution in [0, 0.1) is 6.92 Å². The van der Waals surface area contributed by atoms with Crippen molar-refractivity contribution in [2.75, 3.05) is 0 Å². The minimum absolute atomic E-state index is 0.0302. The molecule has 25 heavy (non-hydrogen) atoms. The van der Waals surface area contributed by atoms with Crippen LogP contribution in [0.15, 0.2) is 39.5 Å². The fraction of sp³-hybridized carbons (Fsp3) is 0.188. The van der Waals surface area contributed by atoms with E-state index in [1.807, 2.05) is 0 Å². The van der Waals surface area contributed by atoms with Gasteiger partial charge in [0.1, 0.15) is 0 Å². The molecule has 3 aromatic rings. The Morgan fingerprint density at radius 3 is 2.40 bits per heavy atom. The Morgan fingerprint density at radius 1 is 1.16 bits per heavy atom. The Bertz CT molecular complexity index is 1030. The number of aliphatic hydroxyl groups is 1. The summed E-state index contributed by atoms with van der Waals surface area (Å²) in [6.07, 6.45) is -5.19. The van der Waals surface area contributed by atoms with Crippen molar-refractivity contribution in [3.8, 4) is 0 Å². The first-order valence-electron chi connectivity index (χ1n) is 6.92. The third-order valence-corrected chi connectivity index (χ3v) is 4.27. The third kappa shape index (κ3) is 2.82. The van der Waals surface area contributed by atoms with Gasteiger partial charge in [-0.15, -0.1) is 0 Å². The normalized spacial score (nSPS) is 14.7. The molecule has 0 radical (unpaired) electrons. The summed E-state index contributed by atoms with van der Waals surface area (Å²) >= 11 is 11.7. The lowest BCUT2D eigenvalue weighted by Gasteiger charge is -2.29. The van der Waals surface area contributed by atoms with Crippen molar-refractivity contribution in [2.45, 2.75) is 18.7 Å². The van der Waals surface area contributed by atoms with Gasteiger partial charge in [0.15, 0.2) is 5.58 Å². The summed E-state index contributed by atoms with van der Waals surface area (Å²) in [6.45, 7) is 1.52. The number of aryl methyl sites for hydroxylation is 1. The van der Waals surface area contributed by atoms with Gasteiger partial charge in [0.2, 0.25) is 5.60 Å². The molecule has 1 atom stereocenters. The Hall–Kier alpha value is -1.96. The van der Waals surface area contributed by atoms with E-state index in [1.54, 1.807) is 0 Å². The fourth-order valence-electron chi connectivity index (χ4n) is 2.58. The molecule has 1 aromatic carbocycles. The van der Waals surface area contributed by atoms with Gasteiger partial charge >= 0.3 is 11.8 Å². The second kappa shape index (κ2) is 5.79. The van der Waals surface area contributed by atoms with Gasteiger partial charge < -0.3 is 14.5 Å². The second-order valence-corrected chi connectivity index (χ2v) is 6.36. The topological polar surface area (TPSA) is 66.2 Å². The number of hydrogen-bond acceptors (Lipinski definition) is 3. The van der Waals surface area contributed by atoms with Gasteiger partial charge in [-0.25, -0.2) is 4.79 Å². The number of nitrogens with one attached hydrogen (secondary N) is 1. The maximum atomic E-state index is 13.7. The highest BCUT2D eigenvalue weighted by Crippen LogP contribution is 2.43. The number of aromatic amines is 1. The molecule has 2 heterocycles. The molecule has 132 valence electrons. The van der Waals surface area contributed by atoms with Crippen molar-refractivity contribution in [3.63, 3.8) is 0 Å². The lowest BCUT2D eigenvalue weighted by molar-refractivity contribution is -0.250. The number of benzene rings is 1. The molecule has 0 saturated carbocycles. The van der Waals surface area contributed by atoms with Gasteiger partial charge in [0.05, 0.1) is 16.3 Å². The van der Waals surface area contributed by atoms with E-state index in [4.69, 9.17) is 27.6 Å². The van der Waals surface area contributed by atoms with E-state index in [9.17, 15) is 23.1 Å². The molecule has 2 aromatic heterocycles. The first kappa shape index (κ1) is 17.8. The lowest BCUT2D eigenvalue weighted by Crippen LogP contribution is -2.46. The number of H-pyrrole nitrogens is 1. The van der Waals surface area contributed by atoms with Crippen LogP contribution in [0.4, 0.5) is 13.2 Å². The van der Waals surface area contributed by atoms with Crippen LogP contribution >= 0.6 is 23.2 Å². The summed E-state index contributed by atoms with van der Waals surface area (Å²) in [5, 5.41) is 10.7. The molecule has 0 aliphatic rings. The summed E-state index contributed by atoms with van der Waals surface area (Å²) in [5.41, 5.74) is -6.26. The van der Waals surface area contributed by atoms with Crippen LogP contribution in [-0.4, -0.2) is 16.3 Å². The van der Waals surface area contributed by atoms with Gasteiger partial charge in [0, 0.05) is 16.1 Å². The Morgan fingerprint density at radius 2 is 1.84 bits per heavy atom. The number of fused-ring (bicyclic) bond motifs is 1. The zero-order valence-electron chi connectivity index (χ0n) is 12.5. The van der Waals surface area contributed by atoms with Crippen molar-refractivity contribution in [1.82, 2.24) is 4.98 Å². The maximum Gasteiger partial charge on any atom is 0.427 e. The van der Waals surface area contributed by atoms with E-state index in [-0.39, 0.29) is 21.0 Å². The number of alkyl halides is 3. The van der Waals surface area contributed by atoms with Crippen molar-refractivity contribution in [3.05, 3.63) is 67.7 Å². The van der Waals surface area contributed by atoms with Gasteiger partial charge in [-0.3, -0.25) is 0 Å². The summed E-state index contributed by atoms with van der Waals surface area (Å²) in [6, 6.07) is 5.85. The Labute approximate surface area is 148 Å². The first-order chi connectivity index (χ1) is 11.5. The van der Waals surface area contributed by atoms with Crippen LogP contribution in [-0.2, 0) is 5.60 Å². The summed E-state index contributed by atoms with van der Waals surface area (Å²) in [5.74, 6) is 0. The molecule has 9 heteroatoms. The van der Waals surface area contributed by atoms with E-state index in [1.165, 1.54) is 25.1 Å². The average Bonchev–Trinajstić information content (AvgIpc) is 2.92. The minimum atomic E-state index is -5.19. The molecular formula is C16H10Cl2F3NO3. The highest BCUT2D eigenvalue weighted by atomic mass is 35.5. The summed E-state index contributed by atoms with van der Waals surface area (Å²) < 4.78 is 46.1. The fourth-order valence-corrected chi connectivity index (χ4v) is 3.12. The second-order valence-electron chi connectivity index (χ2n) is 5.52. The van der Waals surface area contributed by atoms with E-state index >= 15 is 0 Å². The van der Waals surface area contributed by atoms with E-state index in [0.29, 0.717) is 5.69 Å². The Balaban J connectivity index is 2.38. The minimum Gasteiger partial charge on any atom is -0.421 e. The molecule has 2 N–H and O–H groups in total. The van der Waals surface area contributed by atoms with Crippen LogP contribution in [0.5, 0.6) is 0 Å². The first-order valence-corrected chi connectivity index (χ1v) is 7.68. The van der Waals surface area contributed by atoms with Crippen molar-refractivity contribution < 1.29 is 22.7 Å². The quantitative estimate of drug-likeness (QED) is 0.630. The molecule has 0 fully saturated rings. The summed E-state index contributed by atoms with van der Waals surface area (Å²) in [7, 11) is 0. The molecule has 0 aliphatic carbocycles. The monoisotopic (exact) mass is 391 g/mol. The molecule has 1 unspecified atom stereocenters. The van der Waals surface area contributed by atoms with E-state index in [2.05, 4.69) is 4.98 Å². The van der Waals surface area contributed by atoms with E-state index in [0.717, 1.165) is 12.1 Å². The number of hydrogen-bond donors (Lipinski definition) is 2. The van der Waals surface area contributed by atoms with Crippen molar-refractivity contribution >= 4 is 34.2 Å². The van der Waals surface area contributed by atoms with Crippen LogP contribution in [0.25, 0.3) is 11.0 Å². The van der Waals surface area contributed by atoms with Crippen LogP contribution in [0.3, 0.4) is 0 Å². The average molecular weight is 392 g/mol. The Kier molecular flexibility index (Phi) is 4.14. The molecule has 0 spiro atoms. The molecule has 3 rings (SSSR count). The van der Waals surface area contributed by atoms with Gasteiger partial charge in [0.25, 0.3) is 0 Å². The molecule has 4 nitrogen and oxygen atoms in total. The lowest BCUT2D eigenvalue weighted by atomic mass is 9.90. The van der Waals surface area contributed by atoms with Crippen LogP contribution < -0.4 is 5.63 Å². The number of rotatable bonds is 2. The zero-order chi connectivity index (χ0) is 18.6. The van der Waals surface area contributed by atoms with Crippen LogP contribution in [0.1, 0.15) is 17.0 Å². The molecule has 0 saturated heterocycles.